The largest absolute Gasteiger partial charge is 0.456 e. The van der Waals surface area contributed by atoms with Crippen LogP contribution in [0.25, 0.3) is 109 Å². The first kappa shape index (κ1) is 17.3. The van der Waals surface area contributed by atoms with Gasteiger partial charge in [-0.3, -0.25) is 0 Å². The Hall–Kier alpha value is -6.70. The molecule has 1 heterocycles. The van der Waals surface area contributed by atoms with Gasteiger partial charge in [-0.15, -0.1) is 0 Å². The van der Waals surface area contributed by atoms with Crippen molar-refractivity contribution < 1.29 is 25.0 Å². The Morgan fingerprint density at radius 2 is 0.941 bits per heavy atom. The molecular weight excluding hydrogens is 617 g/mol. The van der Waals surface area contributed by atoms with Crippen molar-refractivity contribution in [2.75, 3.05) is 0 Å². The molecule has 51 heavy (non-hydrogen) atoms. The summed E-state index contributed by atoms with van der Waals surface area (Å²) < 4.78 is 142. The third-order valence-electron chi connectivity index (χ3n) is 9.74. The Labute approximate surface area is 315 Å². The molecular formula is C50H30O. The lowest BCUT2D eigenvalue weighted by molar-refractivity contribution is 0.669. The Morgan fingerprint density at radius 3 is 1.73 bits per heavy atom. The molecule has 0 amide bonds. The highest BCUT2D eigenvalue weighted by atomic mass is 16.3. The molecule has 0 fully saturated rings. The second-order valence-electron chi connectivity index (χ2n) is 12.4. The van der Waals surface area contributed by atoms with Gasteiger partial charge >= 0.3 is 0 Å². The lowest BCUT2D eigenvalue weighted by Crippen LogP contribution is -1.92. The van der Waals surface area contributed by atoms with E-state index in [0.717, 1.165) is 32.7 Å². The fourth-order valence-electron chi connectivity index (χ4n) is 7.62. The van der Waals surface area contributed by atoms with Crippen LogP contribution < -0.4 is 0 Å². The topological polar surface area (TPSA) is 13.1 Å². The molecule has 0 saturated heterocycles. The zero-order valence-electron chi connectivity index (χ0n) is 41.6. The number of rotatable bonds is 3. The second kappa shape index (κ2) is 10.9. The van der Waals surface area contributed by atoms with E-state index in [2.05, 4.69) is 0 Å². The van der Waals surface area contributed by atoms with Crippen molar-refractivity contribution in [3.05, 3.63) is 182 Å². The van der Waals surface area contributed by atoms with Crippen LogP contribution in [0.4, 0.5) is 0 Å². The highest BCUT2D eigenvalue weighted by Crippen LogP contribution is 2.47. The average molecular weight is 662 g/mol. The van der Waals surface area contributed by atoms with Gasteiger partial charge in [0.1, 0.15) is 11.2 Å². The van der Waals surface area contributed by atoms with Gasteiger partial charge in [-0.25, -0.2) is 0 Å². The maximum absolute atomic E-state index is 9.54. The number of fused-ring (bicyclic) bond motifs is 9. The third kappa shape index (κ3) is 4.16. The van der Waals surface area contributed by atoms with Gasteiger partial charge in [-0.2, -0.15) is 0 Å². The molecule has 0 radical (unpaired) electrons. The zero-order valence-corrected chi connectivity index (χ0v) is 26.6. The smallest absolute Gasteiger partial charge is 0.136 e. The SMILES string of the molecule is [2H]c1c([2H])c([2H])c2c([2H])c(-c3c4c([2H])c([2H])c([2H])c([2H])c4c(-c4cccc5c(-c6cccc7oc8ccc9ccccc9c8c67)cccc45)c4c([2H])c([2H])c([2H])c([2H])c34)c([2H])c([2H])c2c1[2H]. The van der Waals surface area contributed by atoms with Crippen molar-refractivity contribution in [1.29, 1.82) is 0 Å². The Balaban J connectivity index is 1.34. The lowest BCUT2D eigenvalue weighted by atomic mass is 9.83. The van der Waals surface area contributed by atoms with Crippen LogP contribution in [-0.2, 0) is 0 Å². The van der Waals surface area contributed by atoms with Crippen molar-refractivity contribution in [3.8, 4) is 33.4 Å². The quantitative estimate of drug-likeness (QED) is 0.172. The van der Waals surface area contributed by atoms with Crippen molar-refractivity contribution >= 4 is 75.8 Å². The van der Waals surface area contributed by atoms with Crippen LogP contribution in [0, 0.1) is 0 Å². The molecule has 0 saturated carbocycles. The number of furan rings is 1. The van der Waals surface area contributed by atoms with Crippen molar-refractivity contribution in [2.24, 2.45) is 0 Å². The van der Waals surface area contributed by atoms with E-state index in [-0.39, 0.29) is 32.7 Å². The maximum atomic E-state index is 9.54. The van der Waals surface area contributed by atoms with Crippen molar-refractivity contribution in [1.82, 2.24) is 0 Å². The minimum absolute atomic E-state index is 0.0373. The van der Waals surface area contributed by atoms with Crippen molar-refractivity contribution in [2.45, 2.75) is 0 Å². The molecule has 236 valence electrons. The molecule has 1 nitrogen and oxygen atoms in total. The Bertz CT molecular complexity index is 3980. The zero-order chi connectivity index (χ0) is 46.5. The van der Waals surface area contributed by atoms with Gasteiger partial charge in [0.25, 0.3) is 0 Å². The predicted octanol–water partition coefficient (Wildman–Crippen LogP) is 14.4. The minimum Gasteiger partial charge on any atom is -0.456 e. The van der Waals surface area contributed by atoms with E-state index in [4.69, 9.17) is 16.8 Å². The Morgan fingerprint density at radius 1 is 0.353 bits per heavy atom. The van der Waals surface area contributed by atoms with Crippen LogP contribution >= 0.6 is 0 Å². The fraction of sp³-hybridized carbons (Fsp3) is 0. The lowest BCUT2D eigenvalue weighted by Gasteiger charge is -2.19. The first-order valence-corrected chi connectivity index (χ1v) is 16.4. The van der Waals surface area contributed by atoms with E-state index in [1.165, 1.54) is 0 Å². The molecule has 0 spiro atoms. The third-order valence-corrected chi connectivity index (χ3v) is 9.74. The highest BCUT2D eigenvalue weighted by molar-refractivity contribution is 6.26. The molecule has 10 aromatic carbocycles. The molecule has 0 unspecified atom stereocenters. The van der Waals surface area contributed by atoms with E-state index >= 15 is 0 Å². The Kier molecular flexibility index (Phi) is 3.70. The predicted molar refractivity (Wildman–Crippen MR) is 218 cm³/mol. The van der Waals surface area contributed by atoms with Crippen LogP contribution in [0.3, 0.4) is 0 Å². The van der Waals surface area contributed by atoms with Gasteiger partial charge < -0.3 is 4.42 Å². The van der Waals surface area contributed by atoms with E-state index < -0.39 is 107 Å². The standard InChI is InChI=1S/C50H30O/c1-2-14-33-30-34(27-26-31(33)12-1)47-41-16-5-7-18-43(41)48(44-19-8-6-17-42(44)47)39-23-10-20-36-37(39)21-9-22-38(36)40-24-11-25-45-50(40)49-35-15-4-3-13-32(35)28-29-46(49)51-45/h1-30H/i1D,2D,5D,6D,7D,8D,12D,14D,16D,17D,18D,19D,26D,27D,30D. The summed E-state index contributed by atoms with van der Waals surface area (Å²) in [6, 6.07) is 18.8. The second-order valence-corrected chi connectivity index (χ2v) is 12.4. The summed E-state index contributed by atoms with van der Waals surface area (Å²) in [5.74, 6) is 0. The summed E-state index contributed by atoms with van der Waals surface area (Å²) >= 11 is 0. The van der Waals surface area contributed by atoms with Gasteiger partial charge in [-0.05, 0) is 105 Å². The molecule has 0 N–H and O–H groups in total. The maximum Gasteiger partial charge on any atom is 0.136 e. The number of benzene rings is 10. The van der Waals surface area contributed by atoms with Gasteiger partial charge in [0.15, 0.2) is 0 Å². The van der Waals surface area contributed by atoms with Crippen LogP contribution in [0.5, 0.6) is 0 Å². The number of hydrogen-bond donors (Lipinski definition) is 0. The summed E-state index contributed by atoms with van der Waals surface area (Å²) in [6.07, 6.45) is 0. The average Bonchev–Trinajstić information content (AvgIpc) is 3.72. The molecule has 1 aromatic heterocycles. The molecule has 1 heteroatoms. The van der Waals surface area contributed by atoms with E-state index in [1.807, 2.05) is 78.9 Å². The molecule has 11 rings (SSSR count). The summed E-state index contributed by atoms with van der Waals surface area (Å²) in [4.78, 5) is 0. The van der Waals surface area contributed by atoms with E-state index in [0.29, 0.717) is 27.5 Å². The van der Waals surface area contributed by atoms with E-state index in [1.54, 1.807) is 12.1 Å². The van der Waals surface area contributed by atoms with Crippen LogP contribution in [0.1, 0.15) is 20.6 Å². The van der Waals surface area contributed by atoms with Crippen molar-refractivity contribution in [3.63, 3.8) is 0 Å². The minimum atomic E-state index is -0.740. The summed E-state index contributed by atoms with van der Waals surface area (Å²) in [5.41, 5.74) is 2.51. The summed E-state index contributed by atoms with van der Waals surface area (Å²) in [7, 11) is 0. The van der Waals surface area contributed by atoms with Crippen LogP contribution in [0.15, 0.2) is 186 Å². The molecule has 0 atom stereocenters. The molecule has 0 aliphatic carbocycles. The molecule has 0 aliphatic heterocycles. The van der Waals surface area contributed by atoms with E-state index in [9.17, 15) is 8.22 Å². The van der Waals surface area contributed by atoms with Gasteiger partial charge in [0.2, 0.25) is 0 Å². The monoisotopic (exact) mass is 661 g/mol. The summed E-state index contributed by atoms with van der Waals surface area (Å²) in [5, 5.41) is 3.29. The normalized spacial score (nSPS) is 16.0. The van der Waals surface area contributed by atoms with Crippen LogP contribution in [0.2, 0.25) is 0 Å². The number of hydrogen-bond acceptors (Lipinski definition) is 1. The van der Waals surface area contributed by atoms with Crippen LogP contribution in [-0.4, -0.2) is 0 Å². The molecule has 0 bridgehead atoms. The van der Waals surface area contributed by atoms with Gasteiger partial charge in [0.05, 0.1) is 20.6 Å². The van der Waals surface area contributed by atoms with Gasteiger partial charge in [-0.1, -0.05) is 163 Å². The fourth-order valence-corrected chi connectivity index (χ4v) is 7.62. The first-order valence-electron chi connectivity index (χ1n) is 23.9. The molecule has 0 aliphatic rings. The molecule has 11 aromatic rings. The first-order chi connectivity index (χ1) is 31.6. The summed E-state index contributed by atoms with van der Waals surface area (Å²) in [6.45, 7) is 0. The highest BCUT2D eigenvalue weighted by Gasteiger charge is 2.20. The van der Waals surface area contributed by atoms with Gasteiger partial charge in [0, 0.05) is 10.8 Å².